The molecule has 2 aromatic carbocycles. The van der Waals surface area contributed by atoms with Crippen LogP contribution in [0.1, 0.15) is 18.1 Å². The first-order chi connectivity index (χ1) is 10.3. The summed E-state index contributed by atoms with van der Waals surface area (Å²) in [6.45, 7) is 4.17. The minimum atomic E-state index is 0.682. The Morgan fingerprint density at radius 2 is 1.67 bits per heavy atom. The molecule has 21 heavy (non-hydrogen) atoms. The van der Waals surface area contributed by atoms with E-state index in [1.54, 1.807) is 7.11 Å². The standard InChI is InChI=1S/C18H23NO2/c1-3-21-18-11-7-5-9-16(18)14-19-17-10-6-4-8-15(17)12-13-20-2/h4-11,19H,3,12-14H2,1-2H3. The number of benzene rings is 2. The third-order valence-corrected chi connectivity index (χ3v) is 3.33. The van der Waals surface area contributed by atoms with E-state index in [9.17, 15) is 0 Å². The van der Waals surface area contributed by atoms with E-state index in [2.05, 4.69) is 29.6 Å². The molecule has 0 unspecified atom stereocenters. The van der Waals surface area contributed by atoms with Crippen LogP contribution in [-0.4, -0.2) is 20.3 Å². The SMILES string of the molecule is CCOc1ccccc1CNc1ccccc1CCOC. The van der Waals surface area contributed by atoms with Crippen molar-refractivity contribution in [1.29, 1.82) is 0 Å². The number of anilines is 1. The van der Waals surface area contributed by atoms with Crippen molar-refractivity contribution in [3.8, 4) is 5.75 Å². The van der Waals surface area contributed by atoms with Crippen molar-refractivity contribution in [2.24, 2.45) is 0 Å². The van der Waals surface area contributed by atoms with Crippen LogP contribution in [0.15, 0.2) is 48.5 Å². The molecule has 1 N–H and O–H groups in total. The highest BCUT2D eigenvalue weighted by Gasteiger charge is 2.05. The van der Waals surface area contributed by atoms with Crippen LogP contribution in [0.5, 0.6) is 5.75 Å². The lowest BCUT2D eigenvalue weighted by molar-refractivity contribution is 0.202. The number of hydrogen-bond acceptors (Lipinski definition) is 3. The summed E-state index contributed by atoms with van der Waals surface area (Å²) in [6, 6.07) is 16.5. The normalized spacial score (nSPS) is 10.4. The summed E-state index contributed by atoms with van der Waals surface area (Å²) in [7, 11) is 1.73. The van der Waals surface area contributed by atoms with E-state index in [4.69, 9.17) is 9.47 Å². The Bertz CT molecular complexity index is 554. The molecule has 3 heteroatoms. The molecule has 112 valence electrons. The van der Waals surface area contributed by atoms with Crippen LogP contribution < -0.4 is 10.1 Å². The quantitative estimate of drug-likeness (QED) is 0.798. The Morgan fingerprint density at radius 1 is 0.952 bits per heavy atom. The minimum Gasteiger partial charge on any atom is -0.494 e. The summed E-state index contributed by atoms with van der Waals surface area (Å²) < 4.78 is 10.8. The average Bonchev–Trinajstić information content (AvgIpc) is 2.53. The van der Waals surface area contributed by atoms with Crippen LogP contribution in [0, 0.1) is 0 Å². The van der Waals surface area contributed by atoms with E-state index in [-0.39, 0.29) is 0 Å². The van der Waals surface area contributed by atoms with E-state index in [0.29, 0.717) is 6.61 Å². The maximum atomic E-state index is 5.66. The molecule has 0 radical (unpaired) electrons. The van der Waals surface area contributed by atoms with E-state index in [1.807, 2.05) is 31.2 Å². The number of methoxy groups -OCH3 is 1. The van der Waals surface area contributed by atoms with Crippen LogP contribution in [0.4, 0.5) is 5.69 Å². The zero-order valence-electron chi connectivity index (χ0n) is 12.8. The van der Waals surface area contributed by atoms with E-state index >= 15 is 0 Å². The summed E-state index contributed by atoms with van der Waals surface area (Å²) in [5.74, 6) is 0.946. The number of nitrogens with one attached hydrogen (secondary N) is 1. The van der Waals surface area contributed by atoms with Gasteiger partial charge in [0.1, 0.15) is 5.75 Å². The molecule has 0 aliphatic heterocycles. The second-order valence-electron chi connectivity index (χ2n) is 4.79. The number of rotatable bonds is 8. The van der Waals surface area contributed by atoms with Crippen molar-refractivity contribution in [1.82, 2.24) is 0 Å². The molecule has 3 nitrogen and oxygen atoms in total. The molecule has 0 atom stereocenters. The predicted octanol–water partition coefficient (Wildman–Crippen LogP) is 3.89. The first-order valence-corrected chi connectivity index (χ1v) is 7.36. The minimum absolute atomic E-state index is 0.682. The molecule has 0 aliphatic rings. The fourth-order valence-electron chi connectivity index (χ4n) is 2.26. The Hall–Kier alpha value is -2.00. The van der Waals surface area contributed by atoms with Crippen LogP contribution in [0.3, 0.4) is 0 Å². The molecule has 0 aromatic heterocycles. The molecular formula is C18H23NO2. The summed E-state index contributed by atoms with van der Waals surface area (Å²) in [5.41, 5.74) is 3.59. The zero-order chi connectivity index (χ0) is 14.9. The molecule has 0 amide bonds. The maximum Gasteiger partial charge on any atom is 0.124 e. The highest BCUT2D eigenvalue weighted by molar-refractivity contribution is 5.52. The Morgan fingerprint density at radius 3 is 2.43 bits per heavy atom. The number of hydrogen-bond donors (Lipinski definition) is 1. The van der Waals surface area contributed by atoms with Gasteiger partial charge in [-0.1, -0.05) is 36.4 Å². The Labute approximate surface area is 126 Å². The average molecular weight is 285 g/mol. The summed E-state index contributed by atoms with van der Waals surface area (Å²) in [6.07, 6.45) is 0.910. The van der Waals surface area contributed by atoms with Crippen LogP contribution in [-0.2, 0) is 17.7 Å². The molecule has 0 aliphatic carbocycles. The molecule has 0 saturated heterocycles. The third kappa shape index (κ3) is 4.50. The predicted molar refractivity (Wildman–Crippen MR) is 87.0 cm³/mol. The fourth-order valence-corrected chi connectivity index (χ4v) is 2.26. The molecule has 2 aromatic rings. The topological polar surface area (TPSA) is 30.5 Å². The van der Waals surface area contributed by atoms with Crippen LogP contribution in [0.25, 0.3) is 0 Å². The molecule has 0 heterocycles. The van der Waals surface area contributed by atoms with Gasteiger partial charge in [0.05, 0.1) is 13.2 Å². The van der Waals surface area contributed by atoms with E-state index in [0.717, 1.165) is 31.0 Å². The van der Waals surface area contributed by atoms with Crippen molar-refractivity contribution in [3.05, 3.63) is 59.7 Å². The Kier molecular flexibility index (Phi) is 6.10. The second-order valence-corrected chi connectivity index (χ2v) is 4.79. The molecular weight excluding hydrogens is 262 g/mol. The molecule has 2 rings (SSSR count). The lowest BCUT2D eigenvalue weighted by atomic mass is 10.1. The van der Waals surface area contributed by atoms with Gasteiger partial charge in [-0.2, -0.15) is 0 Å². The van der Waals surface area contributed by atoms with Crippen LogP contribution in [0.2, 0.25) is 0 Å². The van der Waals surface area contributed by atoms with Gasteiger partial charge in [-0.15, -0.1) is 0 Å². The highest BCUT2D eigenvalue weighted by Crippen LogP contribution is 2.21. The maximum absolute atomic E-state index is 5.66. The first kappa shape index (κ1) is 15.4. The summed E-state index contributed by atoms with van der Waals surface area (Å²) in [5, 5.41) is 3.50. The third-order valence-electron chi connectivity index (χ3n) is 3.33. The van der Waals surface area contributed by atoms with Gasteiger partial charge < -0.3 is 14.8 Å². The van der Waals surface area contributed by atoms with Crippen molar-refractivity contribution >= 4 is 5.69 Å². The summed E-state index contributed by atoms with van der Waals surface area (Å²) in [4.78, 5) is 0. The van der Waals surface area contributed by atoms with Gasteiger partial charge in [0.2, 0.25) is 0 Å². The molecule has 0 spiro atoms. The second kappa shape index (κ2) is 8.32. The lowest BCUT2D eigenvalue weighted by Crippen LogP contribution is -2.06. The van der Waals surface area contributed by atoms with Gasteiger partial charge in [-0.3, -0.25) is 0 Å². The highest BCUT2D eigenvalue weighted by atomic mass is 16.5. The fraction of sp³-hybridized carbons (Fsp3) is 0.333. The van der Waals surface area contributed by atoms with Crippen LogP contribution >= 0.6 is 0 Å². The lowest BCUT2D eigenvalue weighted by Gasteiger charge is -2.14. The van der Waals surface area contributed by atoms with Gasteiger partial charge in [0.15, 0.2) is 0 Å². The van der Waals surface area contributed by atoms with Gasteiger partial charge in [-0.05, 0) is 31.0 Å². The van der Waals surface area contributed by atoms with Gasteiger partial charge in [0.25, 0.3) is 0 Å². The Balaban J connectivity index is 2.06. The zero-order valence-corrected chi connectivity index (χ0v) is 12.8. The smallest absolute Gasteiger partial charge is 0.124 e. The van der Waals surface area contributed by atoms with Gasteiger partial charge in [-0.25, -0.2) is 0 Å². The monoisotopic (exact) mass is 285 g/mol. The van der Waals surface area contributed by atoms with Gasteiger partial charge >= 0.3 is 0 Å². The summed E-state index contributed by atoms with van der Waals surface area (Å²) >= 11 is 0. The van der Waals surface area contributed by atoms with Gasteiger partial charge in [0, 0.05) is 24.9 Å². The molecule has 0 bridgehead atoms. The molecule has 0 saturated carbocycles. The first-order valence-electron chi connectivity index (χ1n) is 7.36. The van der Waals surface area contributed by atoms with Crippen molar-refractivity contribution in [2.45, 2.75) is 19.9 Å². The number of para-hydroxylation sites is 2. The number of ether oxygens (including phenoxy) is 2. The van der Waals surface area contributed by atoms with E-state index in [1.165, 1.54) is 11.1 Å². The van der Waals surface area contributed by atoms with Crippen molar-refractivity contribution in [3.63, 3.8) is 0 Å². The van der Waals surface area contributed by atoms with Crippen molar-refractivity contribution in [2.75, 3.05) is 25.6 Å². The van der Waals surface area contributed by atoms with Crippen molar-refractivity contribution < 1.29 is 9.47 Å². The largest absolute Gasteiger partial charge is 0.494 e. The van der Waals surface area contributed by atoms with E-state index < -0.39 is 0 Å². The molecule has 0 fully saturated rings.